The number of carbonyl (C=O) groups excluding carboxylic acids is 1. The summed E-state index contributed by atoms with van der Waals surface area (Å²) in [5, 5.41) is 5.59. The van der Waals surface area contributed by atoms with E-state index >= 15 is 0 Å². The van der Waals surface area contributed by atoms with Gasteiger partial charge < -0.3 is 15.6 Å². The van der Waals surface area contributed by atoms with Crippen molar-refractivity contribution in [2.24, 2.45) is 0 Å². The summed E-state index contributed by atoms with van der Waals surface area (Å²) in [5.74, 6) is -0.780. The number of nitrogens with one attached hydrogen (secondary N) is 3. The van der Waals surface area contributed by atoms with E-state index in [1.807, 2.05) is 0 Å². The molecule has 90 valence electrons. The van der Waals surface area contributed by atoms with Crippen molar-refractivity contribution in [3.05, 3.63) is 29.8 Å². The van der Waals surface area contributed by atoms with E-state index in [1.165, 1.54) is 18.5 Å². The Morgan fingerprint density at radius 1 is 1.47 bits per heavy atom. The number of H-pyrrole nitrogens is 1. The molecule has 0 saturated carbocycles. The Bertz CT molecular complexity index is 537. The summed E-state index contributed by atoms with van der Waals surface area (Å²) in [4.78, 5) is 18.6. The lowest BCUT2D eigenvalue weighted by molar-refractivity contribution is 0.0955. The summed E-state index contributed by atoms with van der Waals surface area (Å²) in [5.41, 5.74) is 1.24. The lowest BCUT2D eigenvalue weighted by atomic mass is 10.1. The number of amides is 1. The minimum atomic E-state index is -0.458. The van der Waals surface area contributed by atoms with E-state index in [1.54, 1.807) is 7.05 Å². The second-order valence-corrected chi connectivity index (χ2v) is 3.61. The molecule has 1 amide bonds. The first-order valence-electron chi connectivity index (χ1n) is 5.28. The molecule has 1 aromatic carbocycles. The monoisotopic (exact) mass is 236 g/mol. The second kappa shape index (κ2) is 4.92. The highest BCUT2D eigenvalue weighted by Crippen LogP contribution is 2.16. The number of aromatic nitrogens is 2. The minimum absolute atomic E-state index is 0.248. The summed E-state index contributed by atoms with van der Waals surface area (Å²) in [7, 11) is 1.79. The number of hydrogen-bond donors (Lipinski definition) is 3. The first-order chi connectivity index (χ1) is 8.22. The number of hydrogen-bond acceptors (Lipinski definition) is 3. The Balaban J connectivity index is 2.27. The average Bonchev–Trinajstić information content (AvgIpc) is 2.75. The fourth-order valence-corrected chi connectivity index (χ4v) is 1.58. The Labute approximate surface area is 97.4 Å². The van der Waals surface area contributed by atoms with E-state index in [-0.39, 0.29) is 11.5 Å². The van der Waals surface area contributed by atoms with Crippen LogP contribution >= 0.6 is 0 Å². The average molecular weight is 236 g/mol. The number of nitrogens with zero attached hydrogens (tertiary/aromatic N) is 1. The van der Waals surface area contributed by atoms with E-state index in [2.05, 4.69) is 20.6 Å². The van der Waals surface area contributed by atoms with Gasteiger partial charge >= 0.3 is 0 Å². The molecule has 0 aliphatic carbocycles. The molecule has 1 heterocycles. The third kappa shape index (κ3) is 2.42. The molecule has 6 heteroatoms. The number of likely N-dealkylation sites (N-methyl/N-ethyl adjacent to an activating group) is 1. The number of fused-ring (bicyclic) bond motifs is 1. The van der Waals surface area contributed by atoms with Gasteiger partial charge in [-0.2, -0.15) is 0 Å². The topological polar surface area (TPSA) is 69.8 Å². The van der Waals surface area contributed by atoms with Crippen molar-refractivity contribution in [2.45, 2.75) is 0 Å². The molecular weight excluding hydrogens is 223 g/mol. The molecule has 0 atom stereocenters. The van der Waals surface area contributed by atoms with E-state index in [0.29, 0.717) is 24.1 Å². The van der Waals surface area contributed by atoms with Crippen LogP contribution in [0, 0.1) is 5.82 Å². The Kier molecular flexibility index (Phi) is 3.34. The number of imidazole rings is 1. The molecule has 1 aromatic heterocycles. The Morgan fingerprint density at radius 2 is 2.29 bits per heavy atom. The van der Waals surface area contributed by atoms with Crippen molar-refractivity contribution < 1.29 is 9.18 Å². The molecule has 0 spiro atoms. The fraction of sp³-hybridized carbons (Fsp3) is 0.273. The van der Waals surface area contributed by atoms with Crippen LogP contribution in [0.2, 0.25) is 0 Å². The summed E-state index contributed by atoms with van der Waals surface area (Å²) in [6.45, 7) is 1.14. The van der Waals surface area contributed by atoms with Gasteiger partial charge in [0.05, 0.1) is 17.4 Å². The van der Waals surface area contributed by atoms with Crippen LogP contribution in [0.15, 0.2) is 18.5 Å². The van der Waals surface area contributed by atoms with Crippen LogP contribution in [0.4, 0.5) is 4.39 Å². The largest absolute Gasteiger partial charge is 0.351 e. The normalized spacial score (nSPS) is 10.7. The van der Waals surface area contributed by atoms with Crippen molar-refractivity contribution in [3.63, 3.8) is 0 Å². The van der Waals surface area contributed by atoms with Crippen molar-refractivity contribution in [2.75, 3.05) is 20.1 Å². The molecular formula is C11H13FN4O. The Morgan fingerprint density at radius 3 is 3.06 bits per heavy atom. The van der Waals surface area contributed by atoms with Gasteiger partial charge in [-0.25, -0.2) is 9.37 Å². The van der Waals surface area contributed by atoms with Gasteiger partial charge in [-0.1, -0.05) is 0 Å². The zero-order chi connectivity index (χ0) is 12.3. The van der Waals surface area contributed by atoms with Gasteiger partial charge in [0.15, 0.2) is 0 Å². The second-order valence-electron chi connectivity index (χ2n) is 3.61. The number of rotatable bonds is 4. The minimum Gasteiger partial charge on any atom is -0.351 e. The van der Waals surface area contributed by atoms with Crippen molar-refractivity contribution in [1.82, 2.24) is 20.6 Å². The molecule has 0 bridgehead atoms. The highest BCUT2D eigenvalue weighted by molar-refractivity contribution is 6.04. The van der Waals surface area contributed by atoms with Gasteiger partial charge in [-0.15, -0.1) is 0 Å². The predicted molar refractivity (Wildman–Crippen MR) is 62.3 cm³/mol. The van der Waals surface area contributed by atoms with Crippen LogP contribution < -0.4 is 10.6 Å². The van der Waals surface area contributed by atoms with Crippen LogP contribution in [-0.2, 0) is 0 Å². The molecule has 0 aliphatic heterocycles. The van der Waals surface area contributed by atoms with Crippen LogP contribution in [-0.4, -0.2) is 36.0 Å². The lowest BCUT2D eigenvalue weighted by Gasteiger charge is -2.05. The maximum Gasteiger partial charge on any atom is 0.253 e. The number of benzene rings is 1. The number of halogens is 1. The summed E-state index contributed by atoms with van der Waals surface area (Å²) in [6, 6.07) is 2.50. The van der Waals surface area contributed by atoms with Crippen molar-refractivity contribution in [1.29, 1.82) is 0 Å². The quantitative estimate of drug-likeness (QED) is 0.683. The van der Waals surface area contributed by atoms with Gasteiger partial charge in [0.1, 0.15) is 11.3 Å². The third-order valence-electron chi connectivity index (χ3n) is 2.39. The lowest BCUT2D eigenvalue weighted by Crippen LogP contribution is -2.30. The predicted octanol–water partition coefficient (Wildman–Crippen LogP) is 0.651. The van der Waals surface area contributed by atoms with Crippen LogP contribution in [0.5, 0.6) is 0 Å². The SMILES string of the molecule is CNCCNC(=O)c1cc(F)cc2[nH]cnc12. The molecule has 5 nitrogen and oxygen atoms in total. The zero-order valence-electron chi connectivity index (χ0n) is 9.38. The van der Waals surface area contributed by atoms with Gasteiger partial charge in [0.25, 0.3) is 5.91 Å². The van der Waals surface area contributed by atoms with Gasteiger partial charge in [-0.05, 0) is 19.2 Å². The molecule has 0 radical (unpaired) electrons. The van der Waals surface area contributed by atoms with Crippen molar-refractivity contribution >= 4 is 16.9 Å². The molecule has 17 heavy (non-hydrogen) atoms. The maximum atomic E-state index is 13.3. The summed E-state index contributed by atoms with van der Waals surface area (Å²) in [6.07, 6.45) is 1.44. The highest BCUT2D eigenvalue weighted by Gasteiger charge is 2.13. The zero-order valence-corrected chi connectivity index (χ0v) is 9.38. The van der Waals surface area contributed by atoms with E-state index in [4.69, 9.17) is 0 Å². The smallest absolute Gasteiger partial charge is 0.253 e. The first-order valence-corrected chi connectivity index (χ1v) is 5.28. The van der Waals surface area contributed by atoms with Crippen LogP contribution in [0.25, 0.3) is 11.0 Å². The molecule has 3 N–H and O–H groups in total. The van der Waals surface area contributed by atoms with Gasteiger partial charge in [-0.3, -0.25) is 4.79 Å². The third-order valence-corrected chi connectivity index (χ3v) is 2.39. The molecule has 0 fully saturated rings. The summed E-state index contributed by atoms with van der Waals surface area (Å²) >= 11 is 0. The Hall–Kier alpha value is -1.95. The molecule has 0 aliphatic rings. The van der Waals surface area contributed by atoms with E-state index in [9.17, 15) is 9.18 Å². The van der Waals surface area contributed by atoms with Crippen LogP contribution in [0.3, 0.4) is 0 Å². The van der Waals surface area contributed by atoms with Gasteiger partial charge in [0, 0.05) is 13.1 Å². The maximum absolute atomic E-state index is 13.3. The molecule has 2 aromatic rings. The highest BCUT2D eigenvalue weighted by atomic mass is 19.1. The number of carbonyl (C=O) groups is 1. The standard InChI is InChI=1S/C11H13FN4O/c1-13-2-3-14-11(17)8-4-7(12)5-9-10(8)16-6-15-9/h4-6,13H,2-3H2,1H3,(H,14,17)(H,15,16). The van der Waals surface area contributed by atoms with E-state index < -0.39 is 5.82 Å². The van der Waals surface area contributed by atoms with Crippen LogP contribution in [0.1, 0.15) is 10.4 Å². The van der Waals surface area contributed by atoms with Crippen molar-refractivity contribution in [3.8, 4) is 0 Å². The number of aromatic amines is 1. The molecule has 0 unspecified atom stereocenters. The molecule has 0 saturated heterocycles. The first kappa shape index (κ1) is 11.5. The van der Waals surface area contributed by atoms with Gasteiger partial charge in [0.2, 0.25) is 0 Å². The molecule has 2 rings (SSSR count). The van der Waals surface area contributed by atoms with E-state index in [0.717, 1.165) is 0 Å². The fourth-order valence-electron chi connectivity index (χ4n) is 1.58. The summed E-state index contributed by atoms with van der Waals surface area (Å²) < 4.78 is 13.3.